The molecular weight excluding hydrogens is 388 g/mol. The molecule has 0 radical (unpaired) electrons. The van der Waals surface area contributed by atoms with Gasteiger partial charge in [-0.05, 0) is 72.9 Å². The number of anilines is 1. The second-order valence-corrected chi connectivity index (χ2v) is 8.14. The average Bonchev–Trinajstić information content (AvgIpc) is 3.02. The van der Waals surface area contributed by atoms with Crippen molar-refractivity contribution in [3.8, 4) is 5.69 Å². The third kappa shape index (κ3) is 4.01. The Morgan fingerprint density at radius 2 is 1.77 bits per heavy atom. The smallest absolute Gasteiger partial charge is 0.280 e. The van der Waals surface area contributed by atoms with Crippen LogP contribution in [0.2, 0.25) is 0 Å². The molecule has 0 aliphatic heterocycles. The third-order valence-corrected chi connectivity index (χ3v) is 5.58. The van der Waals surface area contributed by atoms with Gasteiger partial charge in [-0.15, -0.1) is 0 Å². The molecule has 4 aromatic rings. The zero-order valence-corrected chi connectivity index (χ0v) is 18.2. The molecule has 2 aromatic carbocycles. The van der Waals surface area contributed by atoms with Gasteiger partial charge in [0.2, 0.25) is 5.91 Å². The number of rotatable bonds is 5. The van der Waals surface area contributed by atoms with E-state index in [9.17, 15) is 9.59 Å². The lowest BCUT2D eigenvalue weighted by molar-refractivity contribution is -0.116. The van der Waals surface area contributed by atoms with Gasteiger partial charge in [-0.1, -0.05) is 32.0 Å². The zero-order chi connectivity index (χ0) is 22.1. The van der Waals surface area contributed by atoms with Crippen LogP contribution in [-0.2, 0) is 11.3 Å². The summed E-state index contributed by atoms with van der Waals surface area (Å²) in [6.45, 7) is 8.25. The van der Waals surface area contributed by atoms with Crippen LogP contribution in [0.3, 0.4) is 0 Å². The third-order valence-electron chi connectivity index (χ3n) is 5.58. The van der Waals surface area contributed by atoms with E-state index in [1.165, 1.54) is 10.2 Å². The van der Waals surface area contributed by atoms with E-state index in [2.05, 4.69) is 24.1 Å². The molecule has 0 saturated carbocycles. The number of hydrogen-bond acceptors (Lipinski definition) is 3. The number of amides is 1. The maximum Gasteiger partial charge on any atom is 0.280 e. The number of pyridine rings is 1. The Kier molecular flexibility index (Phi) is 5.46. The van der Waals surface area contributed by atoms with Gasteiger partial charge in [-0.2, -0.15) is 0 Å². The Bertz CT molecular complexity index is 1310. The lowest BCUT2D eigenvalue weighted by atomic mass is 10.0. The van der Waals surface area contributed by atoms with Crippen molar-refractivity contribution < 1.29 is 4.79 Å². The fraction of sp³-hybridized carbons (Fsp3) is 0.240. The van der Waals surface area contributed by atoms with E-state index >= 15 is 0 Å². The van der Waals surface area contributed by atoms with Crippen molar-refractivity contribution in [2.45, 2.75) is 40.2 Å². The molecule has 0 atom stereocenters. The van der Waals surface area contributed by atoms with Crippen molar-refractivity contribution in [3.05, 3.63) is 87.8 Å². The molecule has 0 fully saturated rings. The Morgan fingerprint density at radius 3 is 2.45 bits per heavy atom. The van der Waals surface area contributed by atoms with Gasteiger partial charge < -0.3 is 5.32 Å². The van der Waals surface area contributed by atoms with Gasteiger partial charge in [0.05, 0.1) is 11.1 Å². The first-order valence-electron chi connectivity index (χ1n) is 10.4. The molecule has 6 nitrogen and oxygen atoms in total. The topological polar surface area (TPSA) is 68.9 Å². The summed E-state index contributed by atoms with van der Waals surface area (Å²) >= 11 is 0. The Labute approximate surface area is 181 Å². The summed E-state index contributed by atoms with van der Waals surface area (Å²) in [5, 5.41) is 3.41. The maximum absolute atomic E-state index is 13.2. The summed E-state index contributed by atoms with van der Waals surface area (Å²) < 4.78 is 3.17. The molecule has 2 aromatic heterocycles. The predicted molar refractivity (Wildman–Crippen MR) is 124 cm³/mol. The molecule has 0 aliphatic rings. The van der Waals surface area contributed by atoms with Gasteiger partial charge >= 0.3 is 0 Å². The molecule has 0 bridgehead atoms. The average molecular weight is 415 g/mol. The minimum Gasteiger partial charge on any atom is -0.324 e. The van der Waals surface area contributed by atoms with E-state index in [0.717, 1.165) is 16.8 Å². The molecule has 31 heavy (non-hydrogen) atoms. The van der Waals surface area contributed by atoms with Crippen molar-refractivity contribution >= 4 is 22.6 Å². The van der Waals surface area contributed by atoms with E-state index in [-0.39, 0.29) is 18.0 Å². The first-order chi connectivity index (χ1) is 14.8. The standard InChI is InChI=1S/C25H26N4O2/c1-16(2)19-8-10-20(11-9-19)27-23(30)15-28-24-22(6-5-13-26-24)25(31)29(28)21-12-7-17(3)18(4)14-21/h5-14,16H,15H2,1-4H3,(H,27,30). The molecule has 0 unspecified atom stereocenters. The van der Waals surface area contributed by atoms with E-state index in [4.69, 9.17) is 0 Å². The Balaban J connectivity index is 1.71. The van der Waals surface area contributed by atoms with E-state index in [0.29, 0.717) is 22.6 Å². The second-order valence-electron chi connectivity index (χ2n) is 8.14. The highest BCUT2D eigenvalue weighted by Gasteiger charge is 2.18. The van der Waals surface area contributed by atoms with Crippen LogP contribution in [0, 0.1) is 13.8 Å². The minimum absolute atomic E-state index is 0.0331. The van der Waals surface area contributed by atoms with Crippen LogP contribution in [-0.4, -0.2) is 20.3 Å². The SMILES string of the molecule is Cc1ccc(-n2c(=O)c3cccnc3n2CC(=O)Nc2ccc(C(C)C)cc2)cc1C. The van der Waals surface area contributed by atoms with Gasteiger partial charge in [-0.25, -0.2) is 9.67 Å². The van der Waals surface area contributed by atoms with Crippen LogP contribution in [0.1, 0.15) is 36.5 Å². The van der Waals surface area contributed by atoms with Crippen LogP contribution in [0.4, 0.5) is 5.69 Å². The van der Waals surface area contributed by atoms with Gasteiger partial charge in [0, 0.05) is 11.9 Å². The lowest BCUT2D eigenvalue weighted by Gasteiger charge is -2.14. The van der Waals surface area contributed by atoms with Gasteiger partial charge in [-0.3, -0.25) is 14.3 Å². The van der Waals surface area contributed by atoms with Gasteiger partial charge in [0.25, 0.3) is 5.56 Å². The summed E-state index contributed by atoms with van der Waals surface area (Å²) in [4.78, 5) is 30.4. The molecule has 2 heterocycles. The van der Waals surface area contributed by atoms with Crippen LogP contribution >= 0.6 is 0 Å². The quantitative estimate of drug-likeness (QED) is 0.520. The number of nitrogens with one attached hydrogen (secondary N) is 1. The molecule has 0 spiro atoms. The lowest BCUT2D eigenvalue weighted by Crippen LogP contribution is -2.27. The van der Waals surface area contributed by atoms with Crippen molar-refractivity contribution in [1.29, 1.82) is 0 Å². The van der Waals surface area contributed by atoms with Crippen LogP contribution < -0.4 is 10.9 Å². The van der Waals surface area contributed by atoms with Crippen molar-refractivity contribution in [3.63, 3.8) is 0 Å². The first-order valence-corrected chi connectivity index (χ1v) is 10.4. The second kappa shape index (κ2) is 8.22. The number of aryl methyl sites for hydroxylation is 2. The molecule has 1 N–H and O–H groups in total. The summed E-state index contributed by atoms with van der Waals surface area (Å²) in [7, 11) is 0. The molecule has 4 rings (SSSR count). The number of aromatic nitrogens is 3. The molecule has 1 amide bonds. The highest BCUT2D eigenvalue weighted by molar-refractivity contribution is 5.91. The number of hydrogen-bond donors (Lipinski definition) is 1. The Hall–Kier alpha value is -3.67. The summed E-state index contributed by atoms with van der Waals surface area (Å²) in [5.41, 5.74) is 5.14. The molecule has 6 heteroatoms. The van der Waals surface area contributed by atoms with Gasteiger partial charge in [0.15, 0.2) is 5.65 Å². The number of fused-ring (bicyclic) bond motifs is 1. The van der Waals surface area contributed by atoms with Crippen molar-refractivity contribution in [2.24, 2.45) is 0 Å². The van der Waals surface area contributed by atoms with Gasteiger partial charge in [0.1, 0.15) is 6.54 Å². The zero-order valence-electron chi connectivity index (χ0n) is 18.2. The predicted octanol–water partition coefficient (Wildman–Crippen LogP) is 4.57. The van der Waals surface area contributed by atoms with E-state index in [1.807, 2.05) is 56.3 Å². The van der Waals surface area contributed by atoms with Crippen LogP contribution in [0.5, 0.6) is 0 Å². The first kappa shape index (κ1) is 20.6. The van der Waals surface area contributed by atoms with E-state index < -0.39 is 0 Å². The molecule has 0 aliphatic carbocycles. The summed E-state index contributed by atoms with van der Waals surface area (Å²) in [5.74, 6) is 0.201. The number of benzene rings is 2. The monoisotopic (exact) mass is 414 g/mol. The maximum atomic E-state index is 13.2. The highest BCUT2D eigenvalue weighted by Crippen LogP contribution is 2.19. The van der Waals surface area contributed by atoms with Crippen LogP contribution in [0.15, 0.2) is 65.6 Å². The largest absolute Gasteiger partial charge is 0.324 e. The van der Waals surface area contributed by atoms with E-state index in [1.54, 1.807) is 23.0 Å². The molecule has 158 valence electrons. The Morgan fingerprint density at radius 1 is 1.03 bits per heavy atom. The highest BCUT2D eigenvalue weighted by atomic mass is 16.2. The normalized spacial score (nSPS) is 11.3. The molecule has 0 saturated heterocycles. The summed E-state index contributed by atoms with van der Waals surface area (Å²) in [6, 6.07) is 17.1. The van der Waals surface area contributed by atoms with Crippen molar-refractivity contribution in [2.75, 3.05) is 5.32 Å². The summed E-state index contributed by atoms with van der Waals surface area (Å²) in [6.07, 6.45) is 1.63. The minimum atomic E-state index is -0.225. The fourth-order valence-electron chi connectivity index (χ4n) is 3.64. The molecular formula is C25H26N4O2. The fourth-order valence-corrected chi connectivity index (χ4v) is 3.64. The number of carbonyl (C=O) groups is 1. The number of carbonyl (C=O) groups excluding carboxylic acids is 1. The van der Waals surface area contributed by atoms with Crippen molar-refractivity contribution in [1.82, 2.24) is 14.3 Å². The van der Waals surface area contributed by atoms with Crippen LogP contribution in [0.25, 0.3) is 16.7 Å². The number of nitrogens with zero attached hydrogens (tertiary/aromatic N) is 3.